The van der Waals surface area contributed by atoms with E-state index in [-0.39, 0.29) is 18.2 Å². The third-order valence-corrected chi connectivity index (χ3v) is 8.76. The molecule has 3 heteroatoms. The van der Waals surface area contributed by atoms with Gasteiger partial charge in [0.05, 0.1) is 6.10 Å². The smallest absolute Gasteiger partial charge is 0.306 e. The van der Waals surface area contributed by atoms with Crippen molar-refractivity contribution in [3.05, 3.63) is 0 Å². The maximum Gasteiger partial charge on any atom is 0.306 e. The number of unbranched alkanes of at least 4 members (excludes halogenated alkanes) is 10. The minimum absolute atomic E-state index is 0.0323. The molecule has 188 valence electrons. The van der Waals surface area contributed by atoms with E-state index in [1.165, 1.54) is 89.9 Å². The van der Waals surface area contributed by atoms with Crippen LogP contribution >= 0.6 is 0 Å². The van der Waals surface area contributed by atoms with Crippen LogP contribution in [0.3, 0.4) is 0 Å². The molecule has 0 heterocycles. The first kappa shape index (κ1) is 27.7. The van der Waals surface area contributed by atoms with Gasteiger partial charge in [0.1, 0.15) is 6.10 Å². The summed E-state index contributed by atoms with van der Waals surface area (Å²) in [7, 11) is 0. The standard InChI is InChI=1S/C29H54O3/c1-4-5-6-7-8-9-10-11-12-13-14-15-28(31)32-27-22-18-25(19-23-27)29(2,3)24-16-20-26(30)21-17-24/h24-27,30H,4-23H2,1-3H3. The van der Waals surface area contributed by atoms with Crippen LogP contribution in [0.4, 0.5) is 0 Å². The molecule has 2 saturated carbocycles. The predicted molar refractivity (Wildman–Crippen MR) is 135 cm³/mol. The van der Waals surface area contributed by atoms with Crippen LogP contribution < -0.4 is 0 Å². The summed E-state index contributed by atoms with van der Waals surface area (Å²) in [5.74, 6) is 1.49. The molecule has 0 aromatic heterocycles. The Morgan fingerprint density at radius 2 is 1.16 bits per heavy atom. The van der Waals surface area contributed by atoms with Gasteiger partial charge >= 0.3 is 5.97 Å². The fourth-order valence-corrected chi connectivity index (χ4v) is 6.26. The van der Waals surface area contributed by atoms with Gasteiger partial charge in [-0.1, -0.05) is 85.0 Å². The quantitative estimate of drug-likeness (QED) is 0.201. The number of hydrogen-bond acceptors (Lipinski definition) is 3. The third-order valence-electron chi connectivity index (χ3n) is 8.76. The minimum Gasteiger partial charge on any atom is -0.462 e. The summed E-state index contributed by atoms with van der Waals surface area (Å²) >= 11 is 0. The average molecular weight is 451 g/mol. The van der Waals surface area contributed by atoms with E-state index in [0.29, 0.717) is 11.8 Å². The summed E-state index contributed by atoms with van der Waals surface area (Å²) in [4.78, 5) is 12.3. The monoisotopic (exact) mass is 450 g/mol. The zero-order chi connectivity index (χ0) is 23.2. The Kier molecular flexibility index (Phi) is 13.3. The van der Waals surface area contributed by atoms with Crippen LogP contribution in [0.25, 0.3) is 0 Å². The Morgan fingerprint density at radius 3 is 1.66 bits per heavy atom. The summed E-state index contributed by atoms with van der Waals surface area (Å²) in [5.41, 5.74) is 0.338. The van der Waals surface area contributed by atoms with E-state index in [1.807, 2.05) is 0 Å². The van der Waals surface area contributed by atoms with Gasteiger partial charge in [-0.3, -0.25) is 4.79 Å². The Balaban J connectivity index is 1.49. The SMILES string of the molecule is CCCCCCCCCCCCCC(=O)OC1CCC(C(C)(C)C2CCC(O)CC2)CC1. The highest BCUT2D eigenvalue weighted by molar-refractivity contribution is 5.69. The molecule has 2 fully saturated rings. The van der Waals surface area contributed by atoms with Crippen LogP contribution in [-0.2, 0) is 9.53 Å². The van der Waals surface area contributed by atoms with Gasteiger partial charge in [0.2, 0.25) is 0 Å². The van der Waals surface area contributed by atoms with Crippen LogP contribution in [0.15, 0.2) is 0 Å². The molecule has 0 aliphatic heterocycles. The number of hydrogen-bond donors (Lipinski definition) is 1. The molecule has 2 aliphatic rings. The largest absolute Gasteiger partial charge is 0.462 e. The van der Waals surface area contributed by atoms with Crippen molar-refractivity contribution in [3.8, 4) is 0 Å². The zero-order valence-corrected chi connectivity index (χ0v) is 21.7. The molecule has 0 bridgehead atoms. The molecule has 0 saturated heterocycles. The second-order valence-electron chi connectivity index (χ2n) is 11.6. The van der Waals surface area contributed by atoms with Crippen LogP contribution in [-0.4, -0.2) is 23.3 Å². The van der Waals surface area contributed by atoms with Crippen LogP contribution in [0, 0.1) is 17.3 Å². The summed E-state index contributed by atoms with van der Waals surface area (Å²) < 4.78 is 5.83. The number of rotatable bonds is 15. The number of aliphatic hydroxyl groups excluding tert-OH is 1. The highest BCUT2D eigenvalue weighted by Gasteiger charge is 2.40. The van der Waals surface area contributed by atoms with Crippen molar-refractivity contribution >= 4 is 5.97 Å². The molecule has 3 nitrogen and oxygen atoms in total. The third kappa shape index (κ3) is 10.1. The molecule has 0 spiro atoms. The van der Waals surface area contributed by atoms with E-state index in [1.54, 1.807) is 0 Å². The first-order valence-corrected chi connectivity index (χ1v) is 14.3. The van der Waals surface area contributed by atoms with Crippen LogP contribution in [0.1, 0.15) is 149 Å². The van der Waals surface area contributed by atoms with Crippen molar-refractivity contribution in [3.63, 3.8) is 0 Å². The Hall–Kier alpha value is -0.570. The van der Waals surface area contributed by atoms with Crippen LogP contribution in [0.2, 0.25) is 0 Å². The maximum absolute atomic E-state index is 12.3. The molecule has 1 N–H and O–H groups in total. The molecule has 2 rings (SSSR count). The summed E-state index contributed by atoms with van der Waals surface area (Å²) in [6.07, 6.45) is 23.8. The molecule has 32 heavy (non-hydrogen) atoms. The highest BCUT2D eigenvalue weighted by atomic mass is 16.5. The normalized spacial score (nSPS) is 26.8. The van der Waals surface area contributed by atoms with E-state index in [0.717, 1.165) is 43.9 Å². The van der Waals surface area contributed by atoms with Crippen molar-refractivity contribution in [2.45, 2.75) is 161 Å². The summed E-state index contributed by atoms with van der Waals surface area (Å²) in [6.45, 7) is 7.16. The van der Waals surface area contributed by atoms with E-state index in [9.17, 15) is 9.90 Å². The van der Waals surface area contributed by atoms with E-state index < -0.39 is 0 Å². The lowest BCUT2D eigenvalue weighted by atomic mass is 9.60. The zero-order valence-electron chi connectivity index (χ0n) is 21.7. The molecule has 0 aromatic rings. The first-order valence-electron chi connectivity index (χ1n) is 14.3. The van der Waals surface area contributed by atoms with Crippen molar-refractivity contribution in [1.29, 1.82) is 0 Å². The first-order chi connectivity index (χ1) is 15.4. The lowest BCUT2D eigenvalue weighted by molar-refractivity contribution is -0.151. The molecule has 0 radical (unpaired) electrons. The van der Waals surface area contributed by atoms with Crippen molar-refractivity contribution in [2.24, 2.45) is 17.3 Å². The fraction of sp³-hybridized carbons (Fsp3) is 0.966. The number of carbonyl (C=O) groups is 1. The molecule has 2 aliphatic carbocycles. The molecule has 0 atom stereocenters. The Bertz CT molecular complexity index is 485. The predicted octanol–water partition coefficient (Wildman–Crippen LogP) is 8.37. The molecule has 0 unspecified atom stereocenters. The molecule has 0 amide bonds. The Labute approximate surface area is 199 Å². The second kappa shape index (κ2) is 15.4. The van der Waals surface area contributed by atoms with Crippen molar-refractivity contribution < 1.29 is 14.6 Å². The van der Waals surface area contributed by atoms with Gasteiger partial charge in [-0.15, -0.1) is 0 Å². The average Bonchev–Trinajstić information content (AvgIpc) is 2.78. The van der Waals surface area contributed by atoms with Crippen molar-refractivity contribution in [1.82, 2.24) is 0 Å². The van der Waals surface area contributed by atoms with Gasteiger partial charge in [0.25, 0.3) is 0 Å². The summed E-state index contributed by atoms with van der Waals surface area (Å²) in [6, 6.07) is 0. The van der Waals surface area contributed by atoms with Gasteiger partial charge < -0.3 is 9.84 Å². The van der Waals surface area contributed by atoms with Gasteiger partial charge in [-0.05, 0) is 75.0 Å². The maximum atomic E-state index is 12.3. The van der Waals surface area contributed by atoms with Gasteiger partial charge in [0.15, 0.2) is 0 Å². The fourth-order valence-electron chi connectivity index (χ4n) is 6.26. The topological polar surface area (TPSA) is 46.5 Å². The van der Waals surface area contributed by atoms with Crippen LogP contribution in [0.5, 0.6) is 0 Å². The highest BCUT2D eigenvalue weighted by Crippen LogP contribution is 2.48. The summed E-state index contributed by atoms with van der Waals surface area (Å²) in [5, 5.41) is 9.83. The lowest BCUT2D eigenvalue weighted by Gasteiger charge is -2.46. The Morgan fingerprint density at radius 1 is 0.719 bits per heavy atom. The minimum atomic E-state index is -0.0717. The van der Waals surface area contributed by atoms with Crippen molar-refractivity contribution in [2.75, 3.05) is 0 Å². The van der Waals surface area contributed by atoms with Gasteiger partial charge in [-0.2, -0.15) is 0 Å². The number of esters is 1. The number of carbonyl (C=O) groups excluding carboxylic acids is 1. The van der Waals surface area contributed by atoms with E-state index in [4.69, 9.17) is 4.74 Å². The van der Waals surface area contributed by atoms with E-state index >= 15 is 0 Å². The lowest BCUT2D eigenvalue weighted by Crippen LogP contribution is -2.39. The molecular weight excluding hydrogens is 396 g/mol. The van der Waals surface area contributed by atoms with Gasteiger partial charge in [0, 0.05) is 6.42 Å². The second-order valence-corrected chi connectivity index (χ2v) is 11.6. The number of aliphatic hydroxyl groups is 1. The molecular formula is C29H54O3. The van der Waals surface area contributed by atoms with Gasteiger partial charge in [-0.25, -0.2) is 0 Å². The number of ether oxygens (including phenoxy) is 1. The molecule has 0 aromatic carbocycles. The van der Waals surface area contributed by atoms with E-state index in [2.05, 4.69) is 20.8 Å².